The second-order valence-corrected chi connectivity index (χ2v) is 4.72. The van der Waals surface area contributed by atoms with Crippen molar-refractivity contribution in [2.75, 3.05) is 0 Å². The number of hydrogen-bond donors (Lipinski definition) is 1. The summed E-state index contributed by atoms with van der Waals surface area (Å²) in [5.74, 6) is -0.307. The molecule has 4 heteroatoms. The Morgan fingerprint density at radius 3 is 2.72 bits per heavy atom. The molecule has 1 N–H and O–H groups in total. The molecule has 0 unspecified atom stereocenters. The second kappa shape index (κ2) is 3.98. The molecular weight excluding hydrogens is 228 g/mol. The average Bonchev–Trinajstić information content (AvgIpc) is 3.11. The summed E-state index contributed by atoms with van der Waals surface area (Å²) in [7, 11) is 1.87. The monoisotopic (exact) mass is 242 g/mol. The van der Waals surface area contributed by atoms with Gasteiger partial charge in [-0.05, 0) is 42.5 Å². The SMILES string of the molecule is Cn1nccc1-c1cc(C(=O)O)ccc1C1CC1. The van der Waals surface area contributed by atoms with Crippen LogP contribution in [0, 0.1) is 0 Å². The maximum atomic E-state index is 11.1. The van der Waals surface area contributed by atoms with Gasteiger partial charge in [0, 0.05) is 18.8 Å². The Morgan fingerprint density at radius 1 is 1.39 bits per heavy atom. The molecule has 1 aromatic heterocycles. The molecule has 18 heavy (non-hydrogen) atoms. The Labute approximate surface area is 105 Å². The van der Waals surface area contributed by atoms with Gasteiger partial charge < -0.3 is 5.11 Å². The van der Waals surface area contributed by atoms with Gasteiger partial charge in [-0.25, -0.2) is 4.79 Å². The zero-order valence-corrected chi connectivity index (χ0v) is 10.1. The molecule has 1 saturated carbocycles. The first-order valence-electron chi connectivity index (χ1n) is 6.02. The molecule has 1 aromatic carbocycles. The molecule has 0 spiro atoms. The van der Waals surface area contributed by atoms with Crippen molar-refractivity contribution in [3.05, 3.63) is 41.6 Å². The van der Waals surface area contributed by atoms with E-state index in [1.54, 1.807) is 23.0 Å². The summed E-state index contributed by atoms with van der Waals surface area (Å²) in [6.07, 6.45) is 4.12. The predicted octanol–water partition coefficient (Wildman–Crippen LogP) is 2.66. The predicted molar refractivity (Wildman–Crippen MR) is 67.6 cm³/mol. The van der Waals surface area contributed by atoms with Crippen LogP contribution in [0.25, 0.3) is 11.3 Å². The van der Waals surface area contributed by atoms with Crippen molar-refractivity contribution in [2.24, 2.45) is 7.05 Å². The fourth-order valence-electron chi connectivity index (χ4n) is 2.30. The number of aromatic carboxylic acids is 1. The summed E-state index contributed by atoms with van der Waals surface area (Å²) in [4.78, 5) is 11.1. The van der Waals surface area contributed by atoms with Crippen molar-refractivity contribution in [3.63, 3.8) is 0 Å². The van der Waals surface area contributed by atoms with E-state index in [2.05, 4.69) is 5.10 Å². The van der Waals surface area contributed by atoms with E-state index < -0.39 is 5.97 Å². The van der Waals surface area contributed by atoms with Crippen molar-refractivity contribution >= 4 is 5.97 Å². The number of hydrogen-bond acceptors (Lipinski definition) is 2. The molecule has 4 nitrogen and oxygen atoms in total. The van der Waals surface area contributed by atoms with Crippen molar-refractivity contribution in [2.45, 2.75) is 18.8 Å². The number of aromatic nitrogens is 2. The van der Waals surface area contributed by atoms with Gasteiger partial charge in [-0.15, -0.1) is 0 Å². The van der Waals surface area contributed by atoms with Crippen LogP contribution in [0.5, 0.6) is 0 Å². The van der Waals surface area contributed by atoms with Gasteiger partial charge in [0.1, 0.15) is 0 Å². The minimum atomic E-state index is -0.888. The first-order chi connectivity index (χ1) is 8.66. The second-order valence-electron chi connectivity index (χ2n) is 4.72. The van der Waals surface area contributed by atoms with Gasteiger partial charge in [-0.2, -0.15) is 5.10 Å². The summed E-state index contributed by atoms with van der Waals surface area (Å²) in [6, 6.07) is 7.32. The Balaban J connectivity index is 2.17. The van der Waals surface area contributed by atoms with Gasteiger partial charge in [0.05, 0.1) is 11.3 Å². The third-order valence-corrected chi connectivity index (χ3v) is 3.41. The summed E-state index contributed by atoms with van der Waals surface area (Å²) >= 11 is 0. The molecule has 0 saturated heterocycles. The Bertz CT molecular complexity index is 612. The van der Waals surface area contributed by atoms with Crippen molar-refractivity contribution in [1.82, 2.24) is 9.78 Å². The summed E-state index contributed by atoms with van der Waals surface area (Å²) in [5, 5.41) is 13.3. The lowest BCUT2D eigenvalue weighted by atomic mass is 9.98. The molecule has 0 atom stereocenters. The largest absolute Gasteiger partial charge is 0.478 e. The molecule has 3 rings (SSSR count). The highest BCUT2D eigenvalue weighted by Crippen LogP contribution is 2.44. The zero-order chi connectivity index (χ0) is 12.7. The van der Waals surface area contributed by atoms with E-state index >= 15 is 0 Å². The average molecular weight is 242 g/mol. The van der Waals surface area contributed by atoms with Gasteiger partial charge in [0.25, 0.3) is 0 Å². The van der Waals surface area contributed by atoms with E-state index in [0.717, 1.165) is 11.3 Å². The van der Waals surface area contributed by atoms with Crippen LogP contribution in [0.4, 0.5) is 0 Å². The molecule has 0 aliphatic heterocycles. The number of carboxylic acid groups (broad SMARTS) is 1. The Morgan fingerprint density at radius 2 is 2.17 bits per heavy atom. The zero-order valence-electron chi connectivity index (χ0n) is 10.1. The molecule has 1 fully saturated rings. The molecule has 92 valence electrons. The molecule has 0 amide bonds. The Kier molecular flexibility index (Phi) is 2.44. The molecule has 1 heterocycles. The quantitative estimate of drug-likeness (QED) is 0.900. The van der Waals surface area contributed by atoms with Crippen LogP contribution in [-0.4, -0.2) is 20.9 Å². The van der Waals surface area contributed by atoms with Crippen LogP contribution in [0.15, 0.2) is 30.5 Å². The lowest BCUT2D eigenvalue weighted by Crippen LogP contribution is -2.01. The fourth-order valence-corrected chi connectivity index (χ4v) is 2.30. The minimum Gasteiger partial charge on any atom is -0.478 e. The molecule has 0 bridgehead atoms. The standard InChI is InChI=1S/C14H14N2O2/c1-16-13(6-7-15-16)12-8-10(14(17)18)4-5-11(12)9-2-3-9/h4-9H,2-3H2,1H3,(H,17,18). The van der Waals surface area contributed by atoms with Crippen LogP contribution in [0.2, 0.25) is 0 Å². The van der Waals surface area contributed by atoms with Crippen LogP contribution in [0.1, 0.15) is 34.7 Å². The van der Waals surface area contributed by atoms with E-state index in [-0.39, 0.29) is 0 Å². The highest BCUT2D eigenvalue weighted by atomic mass is 16.4. The van der Waals surface area contributed by atoms with Crippen LogP contribution in [-0.2, 0) is 7.05 Å². The lowest BCUT2D eigenvalue weighted by Gasteiger charge is -2.10. The van der Waals surface area contributed by atoms with Gasteiger partial charge >= 0.3 is 5.97 Å². The third kappa shape index (κ3) is 1.79. The topological polar surface area (TPSA) is 55.1 Å². The maximum Gasteiger partial charge on any atom is 0.335 e. The first-order valence-corrected chi connectivity index (χ1v) is 6.02. The normalized spacial score (nSPS) is 14.7. The number of carboxylic acids is 1. The van der Waals surface area contributed by atoms with Crippen LogP contribution in [0.3, 0.4) is 0 Å². The number of carbonyl (C=O) groups is 1. The highest BCUT2D eigenvalue weighted by molar-refractivity contribution is 5.89. The van der Waals surface area contributed by atoms with E-state index in [0.29, 0.717) is 11.5 Å². The van der Waals surface area contributed by atoms with Gasteiger partial charge in [-0.1, -0.05) is 6.07 Å². The van der Waals surface area contributed by atoms with E-state index in [4.69, 9.17) is 5.11 Å². The minimum absolute atomic E-state index is 0.329. The van der Waals surface area contributed by atoms with Gasteiger partial charge in [0.2, 0.25) is 0 Å². The maximum absolute atomic E-state index is 11.1. The molecule has 1 aliphatic carbocycles. The van der Waals surface area contributed by atoms with Gasteiger partial charge in [-0.3, -0.25) is 4.68 Å². The molecule has 1 aliphatic rings. The fraction of sp³-hybridized carbons (Fsp3) is 0.286. The van der Waals surface area contributed by atoms with E-state index in [1.807, 2.05) is 19.2 Å². The molecule has 0 radical (unpaired) electrons. The third-order valence-electron chi connectivity index (χ3n) is 3.41. The van der Waals surface area contributed by atoms with Crippen LogP contribution >= 0.6 is 0 Å². The summed E-state index contributed by atoms with van der Waals surface area (Å²) < 4.78 is 1.78. The van der Waals surface area contributed by atoms with Crippen molar-refractivity contribution in [3.8, 4) is 11.3 Å². The smallest absolute Gasteiger partial charge is 0.335 e. The lowest BCUT2D eigenvalue weighted by molar-refractivity contribution is 0.0697. The number of benzene rings is 1. The number of rotatable bonds is 3. The van der Waals surface area contributed by atoms with Crippen molar-refractivity contribution in [1.29, 1.82) is 0 Å². The van der Waals surface area contributed by atoms with E-state index in [1.165, 1.54) is 18.4 Å². The Hall–Kier alpha value is -2.10. The van der Waals surface area contributed by atoms with Crippen LogP contribution < -0.4 is 0 Å². The number of nitrogens with zero attached hydrogens (tertiary/aromatic N) is 2. The molecular formula is C14H14N2O2. The van der Waals surface area contributed by atoms with E-state index in [9.17, 15) is 4.79 Å². The van der Waals surface area contributed by atoms with Crippen molar-refractivity contribution < 1.29 is 9.90 Å². The highest BCUT2D eigenvalue weighted by Gasteiger charge is 2.27. The summed E-state index contributed by atoms with van der Waals surface area (Å²) in [5.41, 5.74) is 3.54. The number of aryl methyl sites for hydroxylation is 1. The summed E-state index contributed by atoms with van der Waals surface area (Å²) in [6.45, 7) is 0. The van der Waals surface area contributed by atoms with Gasteiger partial charge in [0.15, 0.2) is 0 Å². The molecule has 2 aromatic rings. The first kappa shape index (κ1) is 11.0.